The Morgan fingerprint density at radius 1 is 1.38 bits per heavy atom. The fraction of sp³-hybridized carbons (Fsp3) is 0.588. The summed E-state index contributed by atoms with van der Waals surface area (Å²) in [7, 11) is 3.38. The summed E-state index contributed by atoms with van der Waals surface area (Å²) in [6.07, 6.45) is -1.37. The number of carbonyl (C=O) groups is 2. The van der Waals surface area contributed by atoms with Crippen LogP contribution in [0.2, 0.25) is 0 Å². The maximum Gasteiger partial charge on any atom is 0.419 e. The largest absolute Gasteiger partial charge is 0.466 e. The molecule has 1 saturated heterocycles. The van der Waals surface area contributed by atoms with Gasteiger partial charge in [0.05, 0.1) is 18.1 Å². The van der Waals surface area contributed by atoms with Gasteiger partial charge in [-0.1, -0.05) is 0 Å². The normalized spacial score (nSPS) is 14.9. The summed E-state index contributed by atoms with van der Waals surface area (Å²) in [4.78, 5) is 28.0. The minimum atomic E-state index is -4.43. The van der Waals surface area contributed by atoms with E-state index in [0.717, 1.165) is 12.5 Å². The van der Waals surface area contributed by atoms with Crippen LogP contribution >= 0.6 is 0 Å². The fourth-order valence-corrected chi connectivity index (χ4v) is 2.46. The Labute approximate surface area is 150 Å². The van der Waals surface area contributed by atoms with E-state index in [2.05, 4.69) is 4.98 Å². The summed E-state index contributed by atoms with van der Waals surface area (Å²) < 4.78 is 43.9. The molecule has 2 rings (SSSR count). The van der Waals surface area contributed by atoms with Gasteiger partial charge in [0.2, 0.25) is 6.41 Å². The van der Waals surface area contributed by atoms with Crippen molar-refractivity contribution in [1.82, 2.24) is 9.88 Å². The fourth-order valence-electron chi connectivity index (χ4n) is 2.46. The van der Waals surface area contributed by atoms with Crippen LogP contribution in [0.3, 0.4) is 0 Å². The second-order valence-electron chi connectivity index (χ2n) is 5.95. The maximum absolute atomic E-state index is 13.0. The number of piperidine rings is 1. The average Bonchev–Trinajstić information content (AvgIpc) is 2.62. The van der Waals surface area contributed by atoms with Gasteiger partial charge in [0.25, 0.3) is 0 Å². The second-order valence-corrected chi connectivity index (χ2v) is 5.95. The average molecular weight is 375 g/mol. The van der Waals surface area contributed by atoms with Gasteiger partial charge in [-0.2, -0.15) is 13.2 Å². The lowest BCUT2D eigenvalue weighted by Crippen LogP contribution is -2.38. The molecule has 1 aliphatic rings. The third kappa shape index (κ3) is 6.53. The quantitative estimate of drug-likeness (QED) is 0.598. The zero-order valence-corrected chi connectivity index (χ0v) is 15.1. The van der Waals surface area contributed by atoms with Crippen LogP contribution in [0.25, 0.3) is 0 Å². The van der Waals surface area contributed by atoms with Crippen molar-refractivity contribution in [2.75, 3.05) is 38.7 Å². The van der Waals surface area contributed by atoms with Gasteiger partial charge in [-0.05, 0) is 31.9 Å². The van der Waals surface area contributed by atoms with Crippen molar-refractivity contribution in [1.29, 1.82) is 0 Å². The standard InChI is InChI=1S/C14H17F3N2O2.C3H7NO/c1-2-21-13(20)10-5-8-19(9-6-10)12-11(14(15,16)17)4-3-7-18-12;1-4(2)3-5/h3-4,7,10H,2,5-6,8-9H2,1H3;3H,1-2H3. The van der Waals surface area contributed by atoms with Crippen molar-refractivity contribution in [2.24, 2.45) is 5.92 Å². The second kappa shape index (κ2) is 9.98. The first-order valence-electron chi connectivity index (χ1n) is 8.26. The van der Waals surface area contributed by atoms with E-state index in [1.165, 1.54) is 17.2 Å². The molecule has 1 aliphatic heterocycles. The molecule has 0 radical (unpaired) electrons. The van der Waals surface area contributed by atoms with Gasteiger partial charge in [-0.3, -0.25) is 9.59 Å². The van der Waals surface area contributed by atoms with E-state index in [0.29, 0.717) is 32.5 Å². The van der Waals surface area contributed by atoms with Crippen LogP contribution in [0.5, 0.6) is 0 Å². The molecule has 0 unspecified atom stereocenters. The number of alkyl halides is 3. The minimum absolute atomic E-state index is 0.0627. The highest BCUT2D eigenvalue weighted by atomic mass is 19.4. The molecule has 1 aromatic rings. The highest BCUT2D eigenvalue weighted by Crippen LogP contribution is 2.36. The lowest BCUT2D eigenvalue weighted by molar-refractivity contribution is -0.148. The molecule has 0 saturated carbocycles. The molecule has 9 heteroatoms. The van der Waals surface area contributed by atoms with Crippen LogP contribution < -0.4 is 4.90 Å². The van der Waals surface area contributed by atoms with Crippen LogP contribution in [0, 0.1) is 5.92 Å². The lowest BCUT2D eigenvalue weighted by atomic mass is 9.96. The molecule has 1 fully saturated rings. The first-order valence-corrected chi connectivity index (χ1v) is 8.26. The third-order valence-electron chi connectivity index (χ3n) is 3.72. The Morgan fingerprint density at radius 3 is 2.42 bits per heavy atom. The number of amides is 1. The SMILES string of the molecule is CCOC(=O)C1CCN(c2ncccc2C(F)(F)F)CC1.CN(C)C=O. The smallest absolute Gasteiger partial charge is 0.419 e. The first-order chi connectivity index (χ1) is 12.2. The number of nitrogens with zero attached hydrogens (tertiary/aromatic N) is 3. The van der Waals surface area contributed by atoms with Crippen LogP contribution in [0.4, 0.5) is 19.0 Å². The number of hydrogen-bond acceptors (Lipinski definition) is 5. The van der Waals surface area contributed by atoms with Gasteiger partial charge in [0.1, 0.15) is 5.82 Å². The molecule has 0 bridgehead atoms. The molecule has 0 aliphatic carbocycles. The summed E-state index contributed by atoms with van der Waals surface area (Å²) in [6.45, 7) is 2.78. The van der Waals surface area contributed by atoms with Gasteiger partial charge in [-0.25, -0.2) is 4.98 Å². The highest BCUT2D eigenvalue weighted by molar-refractivity contribution is 5.72. The Bertz CT molecular complexity index is 586. The summed E-state index contributed by atoms with van der Waals surface area (Å²) in [5.74, 6) is -0.569. The van der Waals surface area contributed by atoms with Gasteiger partial charge in [0.15, 0.2) is 0 Å². The number of rotatable bonds is 4. The van der Waals surface area contributed by atoms with E-state index >= 15 is 0 Å². The van der Waals surface area contributed by atoms with Crippen LogP contribution in [0.15, 0.2) is 18.3 Å². The molecule has 0 aromatic carbocycles. The molecule has 0 spiro atoms. The number of anilines is 1. The molecule has 0 atom stereocenters. The Hall–Kier alpha value is -2.32. The molecule has 0 N–H and O–H groups in total. The van der Waals surface area contributed by atoms with Gasteiger partial charge in [-0.15, -0.1) is 0 Å². The first kappa shape index (κ1) is 21.7. The number of carbonyl (C=O) groups excluding carboxylic acids is 2. The topological polar surface area (TPSA) is 62.7 Å². The lowest BCUT2D eigenvalue weighted by Gasteiger charge is -2.33. The molecular formula is C17H24F3N3O3. The number of halogens is 3. The zero-order chi connectivity index (χ0) is 19.7. The Morgan fingerprint density at radius 2 is 1.96 bits per heavy atom. The monoisotopic (exact) mass is 375 g/mol. The van der Waals surface area contributed by atoms with E-state index in [4.69, 9.17) is 4.74 Å². The van der Waals surface area contributed by atoms with E-state index in [1.807, 2.05) is 0 Å². The van der Waals surface area contributed by atoms with Crippen molar-refractivity contribution in [2.45, 2.75) is 25.9 Å². The van der Waals surface area contributed by atoms with E-state index < -0.39 is 11.7 Å². The van der Waals surface area contributed by atoms with E-state index in [1.54, 1.807) is 25.9 Å². The predicted octanol–water partition coefficient (Wildman–Crippen LogP) is 2.58. The molecule has 146 valence electrons. The molecule has 1 amide bonds. The van der Waals surface area contributed by atoms with Crippen molar-refractivity contribution < 1.29 is 27.5 Å². The molecule has 2 heterocycles. The van der Waals surface area contributed by atoms with E-state index in [-0.39, 0.29) is 17.7 Å². The maximum atomic E-state index is 13.0. The number of pyridine rings is 1. The number of hydrogen-bond donors (Lipinski definition) is 0. The highest BCUT2D eigenvalue weighted by Gasteiger charge is 2.37. The number of ether oxygens (including phenoxy) is 1. The van der Waals surface area contributed by atoms with E-state index in [9.17, 15) is 22.8 Å². The molecule has 6 nitrogen and oxygen atoms in total. The van der Waals surface area contributed by atoms with Crippen molar-refractivity contribution in [3.63, 3.8) is 0 Å². The Kier molecular flexibility index (Phi) is 8.34. The summed E-state index contributed by atoms with van der Waals surface area (Å²) in [5.41, 5.74) is -0.736. The minimum Gasteiger partial charge on any atom is -0.466 e. The van der Waals surface area contributed by atoms with Crippen molar-refractivity contribution in [3.05, 3.63) is 23.9 Å². The zero-order valence-electron chi connectivity index (χ0n) is 15.1. The summed E-state index contributed by atoms with van der Waals surface area (Å²) >= 11 is 0. The number of esters is 1. The van der Waals surface area contributed by atoms with Crippen molar-refractivity contribution >= 4 is 18.2 Å². The summed E-state index contributed by atoms with van der Waals surface area (Å²) in [6, 6.07) is 2.30. The molecule has 26 heavy (non-hydrogen) atoms. The van der Waals surface area contributed by atoms with Crippen LogP contribution in [-0.4, -0.2) is 56.1 Å². The van der Waals surface area contributed by atoms with Gasteiger partial charge < -0.3 is 14.5 Å². The summed E-state index contributed by atoms with van der Waals surface area (Å²) in [5, 5.41) is 0. The third-order valence-corrected chi connectivity index (χ3v) is 3.72. The predicted molar refractivity (Wildman–Crippen MR) is 90.6 cm³/mol. The molecular weight excluding hydrogens is 351 g/mol. The van der Waals surface area contributed by atoms with Crippen molar-refractivity contribution in [3.8, 4) is 0 Å². The number of aromatic nitrogens is 1. The Balaban J connectivity index is 0.000000597. The van der Waals surface area contributed by atoms with Gasteiger partial charge >= 0.3 is 12.1 Å². The van der Waals surface area contributed by atoms with Gasteiger partial charge in [0, 0.05) is 33.4 Å². The van der Waals surface area contributed by atoms with Crippen LogP contribution in [0.1, 0.15) is 25.3 Å². The molecule has 1 aromatic heterocycles. The van der Waals surface area contributed by atoms with Crippen LogP contribution in [-0.2, 0) is 20.5 Å².